The molecule has 0 atom stereocenters. The summed E-state index contributed by atoms with van der Waals surface area (Å²) < 4.78 is 1.69. The van der Waals surface area contributed by atoms with Crippen molar-refractivity contribution in [2.45, 2.75) is 33.2 Å². The molecule has 0 amide bonds. The summed E-state index contributed by atoms with van der Waals surface area (Å²) in [7, 11) is 0. The first-order chi connectivity index (χ1) is 8.04. The first-order valence-corrected chi connectivity index (χ1v) is 5.56. The fraction of sp³-hybridized carbons (Fsp3) is 0.417. The van der Waals surface area contributed by atoms with E-state index in [4.69, 9.17) is 0 Å². The van der Waals surface area contributed by atoms with E-state index in [1.165, 1.54) is 6.20 Å². The second-order valence-corrected chi connectivity index (χ2v) is 4.09. The van der Waals surface area contributed by atoms with Crippen molar-refractivity contribution >= 4 is 17.5 Å². The number of aliphatic imine (C=N–C) groups is 1. The maximum Gasteiger partial charge on any atom is 1.00 e. The van der Waals surface area contributed by atoms with Crippen LogP contribution in [0.15, 0.2) is 16.0 Å². The number of carbonyl (C=O) groups is 1. The summed E-state index contributed by atoms with van der Waals surface area (Å²) in [6.07, 6.45) is 2.56. The minimum Gasteiger partial charge on any atom is -0.545 e. The summed E-state index contributed by atoms with van der Waals surface area (Å²) in [5, 5.41) is 10.9. The van der Waals surface area contributed by atoms with E-state index in [2.05, 4.69) is 4.99 Å². The van der Waals surface area contributed by atoms with E-state index >= 15 is 0 Å². The number of hydrogen-bond acceptors (Lipinski definition) is 4. The van der Waals surface area contributed by atoms with Crippen LogP contribution in [0.25, 0.3) is 0 Å². The van der Waals surface area contributed by atoms with Crippen LogP contribution >= 0.6 is 0 Å². The third kappa shape index (κ3) is 3.33. The molecule has 0 saturated heterocycles. The molecule has 0 unspecified atom stereocenters. The van der Waals surface area contributed by atoms with Crippen LogP contribution in [0.3, 0.4) is 0 Å². The van der Waals surface area contributed by atoms with Gasteiger partial charge in [0, 0.05) is 24.0 Å². The zero-order valence-electron chi connectivity index (χ0n) is 11.3. The molecule has 0 aliphatic carbocycles. The van der Waals surface area contributed by atoms with Crippen molar-refractivity contribution in [3.05, 3.63) is 27.5 Å². The Bertz CT molecular complexity index is 578. The van der Waals surface area contributed by atoms with Crippen LogP contribution in [0.1, 0.15) is 36.2 Å². The Morgan fingerprint density at radius 3 is 2.63 bits per heavy atom. The van der Waals surface area contributed by atoms with Crippen LogP contribution in [-0.2, 0) is 13.0 Å². The van der Waals surface area contributed by atoms with Gasteiger partial charge in [0.15, 0.2) is 5.43 Å². The number of aromatic nitrogens is 1. The van der Waals surface area contributed by atoms with Crippen LogP contribution in [-0.4, -0.2) is 21.7 Å². The fourth-order valence-electron chi connectivity index (χ4n) is 2.00. The number of fused-ring (bicyclic) bond motifs is 1. The van der Waals surface area contributed by atoms with E-state index in [9.17, 15) is 14.7 Å². The molecular weight excluding hydrogens is 259 g/mol. The van der Waals surface area contributed by atoms with Gasteiger partial charge in [-0.05, 0) is 26.7 Å². The molecule has 1 aromatic rings. The van der Waals surface area contributed by atoms with Gasteiger partial charge in [0.05, 0.1) is 11.5 Å². The molecule has 98 valence electrons. The quantitative estimate of drug-likeness (QED) is 0.521. The number of pyridine rings is 1. The van der Waals surface area contributed by atoms with Crippen molar-refractivity contribution in [2.75, 3.05) is 0 Å². The number of carboxylic acid groups (broad SMARTS) is 1. The molecule has 2 N–H and O–H groups in total. The van der Waals surface area contributed by atoms with Gasteiger partial charge in [-0.3, -0.25) is 4.79 Å². The average molecular weight is 274 g/mol. The first kappa shape index (κ1) is 18.0. The molecule has 2 rings (SSSR count). The van der Waals surface area contributed by atoms with Gasteiger partial charge >= 0.3 is 29.6 Å². The summed E-state index contributed by atoms with van der Waals surface area (Å²) in [6.45, 7) is 4.35. The smallest absolute Gasteiger partial charge is 0.545 e. The van der Waals surface area contributed by atoms with Gasteiger partial charge in [-0.2, -0.15) is 0 Å². The molecule has 19 heavy (non-hydrogen) atoms. The Labute approximate surface area is 132 Å². The minimum absolute atomic E-state index is 0. The van der Waals surface area contributed by atoms with E-state index in [1.807, 2.05) is 13.8 Å². The molecule has 0 radical (unpaired) electrons. The monoisotopic (exact) mass is 274 g/mol. The van der Waals surface area contributed by atoms with Crippen LogP contribution in [0.5, 0.6) is 0 Å². The molecule has 6 nitrogen and oxygen atoms in total. The van der Waals surface area contributed by atoms with Gasteiger partial charge in [-0.15, -0.1) is 0 Å². The van der Waals surface area contributed by atoms with Gasteiger partial charge < -0.3 is 19.9 Å². The standard InChI is InChI=1S/C12H14N2O3.Na.H2O/c1-3-14-6-9(12(16)17)10(15)8-5-4-7(2)13-11(8)14;;/h6H,3-5H2,1-2H3,(H,16,17);;1H2/q;+1;/p-1. The predicted octanol–water partition coefficient (Wildman–Crippen LogP) is -3.55. The molecule has 0 spiro atoms. The third-order valence-corrected chi connectivity index (χ3v) is 2.94. The van der Waals surface area contributed by atoms with E-state index in [-0.39, 0.29) is 40.6 Å². The predicted molar refractivity (Wildman–Crippen MR) is 65.4 cm³/mol. The molecule has 0 bridgehead atoms. The molecule has 1 aliphatic rings. The van der Waals surface area contributed by atoms with E-state index in [0.717, 1.165) is 5.71 Å². The Balaban J connectivity index is 0.00000162. The number of carbonyl (C=O) groups excluding carboxylic acids is 1. The summed E-state index contributed by atoms with van der Waals surface area (Å²) in [4.78, 5) is 27.2. The number of aryl methyl sites for hydroxylation is 1. The zero-order valence-corrected chi connectivity index (χ0v) is 13.3. The van der Waals surface area contributed by atoms with Crippen molar-refractivity contribution in [3.8, 4) is 0 Å². The molecule has 0 fully saturated rings. The maximum absolute atomic E-state index is 11.9. The van der Waals surface area contributed by atoms with E-state index in [1.54, 1.807) is 4.57 Å². The molecule has 0 aromatic carbocycles. The second kappa shape index (κ2) is 7.00. The SMILES string of the molecule is CCn1cc(C(=O)[O-])c(=O)c2c1N=C(C)CC2.O.[Na+]. The molecule has 7 heteroatoms. The number of carboxylic acids is 1. The van der Waals surface area contributed by atoms with Gasteiger partial charge in [-0.25, -0.2) is 4.99 Å². The largest absolute Gasteiger partial charge is 1.00 e. The summed E-state index contributed by atoms with van der Waals surface area (Å²) in [5.41, 5.74) is 0.709. The Morgan fingerprint density at radius 2 is 2.11 bits per heavy atom. The topological polar surface area (TPSA) is 106 Å². The minimum atomic E-state index is -1.42. The number of hydrogen-bond donors (Lipinski definition) is 0. The van der Waals surface area contributed by atoms with Crippen LogP contribution < -0.4 is 40.1 Å². The normalized spacial score (nSPS) is 12.6. The zero-order chi connectivity index (χ0) is 12.6. The van der Waals surface area contributed by atoms with E-state index < -0.39 is 11.4 Å². The first-order valence-electron chi connectivity index (χ1n) is 5.56. The Kier molecular flexibility index (Phi) is 6.65. The van der Waals surface area contributed by atoms with Crippen molar-refractivity contribution in [1.82, 2.24) is 4.57 Å². The van der Waals surface area contributed by atoms with Crippen LogP contribution in [0.4, 0.5) is 5.82 Å². The van der Waals surface area contributed by atoms with Crippen LogP contribution in [0, 0.1) is 0 Å². The van der Waals surface area contributed by atoms with Gasteiger partial charge in [0.1, 0.15) is 5.82 Å². The van der Waals surface area contributed by atoms with Gasteiger partial charge in [0.25, 0.3) is 0 Å². The number of rotatable bonds is 2. The molecule has 1 aromatic heterocycles. The van der Waals surface area contributed by atoms with Crippen molar-refractivity contribution in [3.63, 3.8) is 0 Å². The van der Waals surface area contributed by atoms with Crippen LogP contribution in [0.2, 0.25) is 0 Å². The summed E-state index contributed by atoms with van der Waals surface area (Å²) in [5.74, 6) is -0.836. The second-order valence-electron chi connectivity index (χ2n) is 4.09. The van der Waals surface area contributed by atoms with Gasteiger partial charge in [-0.1, -0.05) is 0 Å². The summed E-state index contributed by atoms with van der Waals surface area (Å²) >= 11 is 0. The van der Waals surface area contributed by atoms with Gasteiger partial charge in [0.2, 0.25) is 0 Å². The Hall–Kier alpha value is -0.950. The molecule has 1 aliphatic heterocycles. The molecule has 2 heterocycles. The van der Waals surface area contributed by atoms with Crippen molar-refractivity contribution in [2.24, 2.45) is 4.99 Å². The Morgan fingerprint density at radius 1 is 1.47 bits per heavy atom. The molecular formula is C12H15N2NaO4. The van der Waals surface area contributed by atoms with Crippen molar-refractivity contribution in [1.29, 1.82) is 0 Å². The average Bonchev–Trinajstić information content (AvgIpc) is 2.29. The number of aromatic carboxylic acids is 1. The van der Waals surface area contributed by atoms with E-state index in [0.29, 0.717) is 30.8 Å². The van der Waals surface area contributed by atoms with Crippen molar-refractivity contribution < 1.29 is 44.9 Å². The summed E-state index contributed by atoms with van der Waals surface area (Å²) in [6, 6.07) is 0. The molecule has 0 saturated carbocycles. The maximum atomic E-state index is 11.9. The fourth-order valence-corrected chi connectivity index (χ4v) is 2.00. The number of nitrogens with zero attached hydrogens (tertiary/aromatic N) is 2. The third-order valence-electron chi connectivity index (χ3n) is 2.94.